The summed E-state index contributed by atoms with van der Waals surface area (Å²) in [4.78, 5) is 27.1. The van der Waals surface area contributed by atoms with Crippen LogP contribution in [0.25, 0.3) is 0 Å². The average Bonchev–Trinajstić information content (AvgIpc) is 3.76. The predicted molar refractivity (Wildman–Crippen MR) is 150 cm³/mol. The normalized spacial score (nSPS) is 23.5. The van der Waals surface area contributed by atoms with Gasteiger partial charge in [-0.2, -0.15) is 8.42 Å². The molecule has 2 aliphatic heterocycles. The highest BCUT2D eigenvalue weighted by Gasteiger charge is 2.73. The summed E-state index contributed by atoms with van der Waals surface area (Å²) in [6.07, 6.45) is 2.99. The third-order valence-electron chi connectivity index (χ3n) is 8.93. The Morgan fingerprint density at radius 1 is 1.00 bits per heavy atom. The first-order valence-corrected chi connectivity index (χ1v) is 15.2. The van der Waals surface area contributed by atoms with Gasteiger partial charge in [0.1, 0.15) is 16.8 Å². The number of halogens is 1. The minimum Gasteiger partial charge on any atom is -0.348 e. The van der Waals surface area contributed by atoms with Crippen LogP contribution in [-0.2, 0) is 26.8 Å². The van der Waals surface area contributed by atoms with Crippen LogP contribution in [0, 0.1) is 11.7 Å². The summed E-state index contributed by atoms with van der Waals surface area (Å²) in [5.41, 5.74) is 1.98. The molecule has 2 amide bonds. The van der Waals surface area contributed by atoms with Crippen molar-refractivity contribution in [1.82, 2.24) is 14.5 Å². The molecule has 2 N–H and O–H groups in total. The van der Waals surface area contributed by atoms with Crippen LogP contribution in [0.5, 0.6) is 0 Å². The zero-order chi connectivity index (χ0) is 28.1. The topological polar surface area (TPSA) is 92.3 Å². The van der Waals surface area contributed by atoms with Gasteiger partial charge in [-0.15, -0.1) is 3.89 Å². The van der Waals surface area contributed by atoms with Gasteiger partial charge in [0, 0.05) is 29.7 Å². The Morgan fingerprint density at radius 3 is 2.30 bits per heavy atom. The van der Waals surface area contributed by atoms with Gasteiger partial charge in [0.15, 0.2) is 5.69 Å². The Hall–Kier alpha value is -3.40. The number of benzene rings is 3. The largest absolute Gasteiger partial charge is 0.348 e. The number of quaternary nitrogens is 1. The molecule has 3 aliphatic rings. The molecule has 1 saturated carbocycles. The van der Waals surface area contributed by atoms with Crippen LogP contribution in [0.4, 0.5) is 10.1 Å². The molecule has 0 aromatic heterocycles. The molecule has 1 saturated heterocycles. The van der Waals surface area contributed by atoms with Crippen molar-refractivity contribution >= 4 is 27.5 Å². The van der Waals surface area contributed by atoms with E-state index in [1.54, 1.807) is 12.1 Å². The van der Waals surface area contributed by atoms with Crippen LogP contribution in [0.1, 0.15) is 54.1 Å². The highest BCUT2D eigenvalue weighted by molar-refractivity contribution is 7.91. The second-order valence-corrected chi connectivity index (χ2v) is 13.2. The van der Waals surface area contributed by atoms with Crippen molar-refractivity contribution in [2.45, 2.75) is 55.5 Å². The summed E-state index contributed by atoms with van der Waals surface area (Å²) in [7, 11) is -4.34. The third kappa shape index (κ3) is 4.02. The number of hydrogen-bond acceptors (Lipinski definition) is 5. The van der Waals surface area contributed by atoms with E-state index in [0.717, 1.165) is 36.1 Å². The molecule has 6 rings (SSSR count). The van der Waals surface area contributed by atoms with Crippen molar-refractivity contribution in [2.24, 2.45) is 5.92 Å². The lowest BCUT2D eigenvalue weighted by molar-refractivity contribution is -0.126. The molecule has 3 aromatic rings. The first-order valence-electron chi connectivity index (χ1n) is 13.8. The number of fused-ring (bicyclic) bond motifs is 2. The van der Waals surface area contributed by atoms with Crippen LogP contribution in [0.15, 0.2) is 77.7 Å². The highest BCUT2D eigenvalue weighted by atomic mass is 32.2. The molecule has 2 fully saturated rings. The van der Waals surface area contributed by atoms with Crippen LogP contribution in [0.3, 0.4) is 0 Å². The third-order valence-corrected chi connectivity index (χ3v) is 11.2. The van der Waals surface area contributed by atoms with Crippen molar-refractivity contribution < 1.29 is 22.4 Å². The Bertz CT molecular complexity index is 1570. The lowest BCUT2D eigenvalue weighted by Crippen LogP contribution is -2.67. The average molecular weight is 563 g/mol. The quantitative estimate of drug-likeness (QED) is 0.435. The number of sulfonamides is 1. The molecule has 3 aromatic carbocycles. The lowest BCUT2D eigenvalue weighted by Gasteiger charge is -2.43. The predicted octanol–water partition coefficient (Wildman–Crippen LogP) is 4.41. The second kappa shape index (κ2) is 9.90. The fourth-order valence-corrected chi connectivity index (χ4v) is 9.33. The van der Waals surface area contributed by atoms with Gasteiger partial charge in [-0.05, 0) is 80.7 Å². The number of nitrogens with zero attached hydrogens (tertiary/aromatic N) is 1. The molecule has 0 bridgehead atoms. The molecular formula is C31H33FN3O4S+. The number of hydrogen-bond donors (Lipinski definition) is 2. The van der Waals surface area contributed by atoms with Crippen LogP contribution in [0.2, 0.25) is 0 Å². The van der Waals surface area contributed by atoms with E-state index in [9.17, 15) is 22.4 Å². The molecule has 7 nitrogen and oxygen atoms in total. The number of amides is 2. The van der Waals surface area contributed by atoms with E-state index in [0.29, 0.717) is 43.7 Å². The van der Waals surface area contributed by atoms with Crippen molar-refractivity contribution in [3.05, 3.63) is 95.3 Å². The van der Waals surface area contributed by atoms with Crippen molar-refractivity contribution in [3.8, 4) is 0 Å². The number of nitrogens with one attached hydrogen (secondary N) is 2. The zero-order valence-electron chi connectivity index (χ0n) is 22.4. The van der Waals surface area contributed by atoms with Gasteiger partial charge in [0.25, 0.3) is 5.91 Å². The molecule has 9 heteroatoms. The Balaban J connectivity index is 1.52. The highest BCUT2D eigenvalue weighted by Crippen LogP contribution is 2.62. The summed E-state index contributed by atoms with van der Waals surface area (Å²) in [6, 6.07) is 18.9. The maximum absolute atomic E-state index is 14.7. The van der Waals surface area contributed by atoms with Crippen LogP contribution in [-0.4, -0.2) is 39.4 Å². The standard InChI is InChI=1S/C31H32FN3O4S/c1-21(36)35(40(38,39)26-12-10-25(32)11-13-26)28-14-9-24(30(37)34-20-22-5-3-2-4-6-22)19-27(28)31(15-17-33-18-16-31)29(35)23-7-8-23/h2-6,9-14,19,23,29,33H,7-8,15-18,20H2,1H3/p+1. The van der Waals surface area contributed by atoms with Crippen LogP contribution < -0.4 is 14.5 Å². The minimum absolute atomic E-state index is 0.0416. The fraction of sp³-hybridized carbons (Fsp3) is 0.355. The molecule has 2 atom stereocenters. The summed E-state index contributed by atoms with van der Waals surface area (Å²) >= 11 is 0. The van der Waals surface area contributed by atoms with E-state index in [2.05, 4.69) is 10.6 Å². The van der Waals surface area contributed by atoms with Gasteiger partial charge in [-0.25, -0.2) is 9.18 Å². The van der Waals surface area contributed by atoms with Crippen LogP contribution >= 0.6 is 0 Å². The SMILES string of the molecule is CC(=O)[N+]1(S(=O)(=O)c2ccc(F)cc2)c2ccc(C(=O)NCc3ccccc3)cc2C2(CCNCC2)C1C1CC1. The van der Waals surface area contributed by atoms with E-state index in [1.165, 1.54) is 19.1 Å². The molecule has 2 unspecified atom stereocenters. The van der Waals surface area contributed by atoms with Crippen molar-refractivity contribution in [3.63, 3.8) is 0 Å². The fourth-order valence-electron chi connectivity index (χ4n) is 7.09. The van der Waals surface area contributed by atoms with Crippen molar-refractivity contribution in [1.29, 1.82) is 0 Å². The number of piperidine rings is 1. The smallest absolute Gasteiger partial charge is 0.339 e. The maximum atomic E-state index is 14.7. The van der Waals surface area contributed by atoms with Gasteiger partial charge in [0.05, 0.1) is 12.3 Å². The Kier molecular flexibility index (Phi) is 6.64. The van der Waals surface area contributed by atoms with Gasteiger partial charge >= 0.3 is 15.9 Å². The second-order valence-electron chi connectivity index (χ2n) is 11.2. The Morgan fingerprint density at radius 2 is 1.68 bits per heavy atom. The van der Waals surface area contributed by atoms with Gasteiger partial charge < -0.3 is 10.6 Å². The Labute approximate surface area is 234 Å². The first kappa shape index (κ1) is 26.8. The number of carbonyl (C=O) groups is 2. The molecule has 1 aliphatic carbocycles. The van der Waals surface area contributed by atoms with E-state index in [1.807, 2.05) is 36.4 Å². The molecule has 2 heterocycles. The molecule has 208 valence electrons. The van der Waals surface area contributed by atoms with E-state index >= 15 is 0 Å². The molecule has 1 spiro atoms. The summed E-state index contributed by atoms with van der Waals surface area (Å²) in [5, 5.41) is 6.37. The van der Waals surface area contributed by atoms with E-state index in [-0.39, 0.29) is 16.7 Å². The zero-order valence-corrected chi connectivity index (χ0v) is 23.2. The minimum atomic E-state index is -4.34. The number of carbonyl (C=O) groups excluding carboxylic acids is 2. The number of rotatable bonds is 6. The van der Waals surface area contributed by atoms with Gasteiger partial charge in [0.2, 0.25) is 0 Å². The van der Waals surface area contributed by atoms with Gasteiger partial charge in [-0.3, -0.25) is 4.79 Å². The van der Waals surface area contributed by atoms with E-state index in [4.69, 9.17) is 0 Å². The summed E-state index contributed by atoms with van der Waals surface area (Å²) in [6.45, 7) is 3.08. The molecule has 40 heavy (non-hydrogen) atoms. The maximum Gasteiger partial charge on any atom is 0.339 e. The van der Waals surface area contributed by atoms with E-state index < -0.39 is 37.1 Å². The molecule has 0 radical (unpaired) electrons. The summed E-state index contributed by atoms with van der Waals surface area (Å²) < 4.78 is 42.3. The monoisotopic (exact) mass is 562 g/mol. The lowest BCUT2D eigenvalue weighted by atomic mass is 9.68. The van der Waals surface area contributed by atoms with Gasteiger partial charge in [-0.1, -0.05) is 30.3 Å². The first-order chi connectivity index (χ1) is 19.2. The molecular weight excluding hydrogens is 529 g/mol. The summed E-state index contributed by atoms with van der Waals surface area (Å²) in [5.74, 6) is -1.25. The van der Waals surface area contributed by atoms with Crippen molar-refractivity contribution in [2.75, 3.05) is 13.1 Å².